The molecule has 0 aliphatic rings. The van der Waals surface area contributed by atoms with Crippen LogP contribution in [0, 0.1) is 0 Å². The van der Waals surface area contributed by atoms with E-state index >= 15 is 0 Å². The van der Waals surface area contributed by atoms with E-state index < -0.39 is 10.0 Å². The summed E-state index contributed by atoms with van der Waals surface area (Å²) in [5.74, 6) is 0. The van der Waals surface area contributed by atoms with Crippen LogP contribution in [0.4, 0.5) is 0 Å². The largest absolute Gasteiger partial charge is 0.330 e. The Bertz CT molecular complexity index is 371. The molecule has 0 aliphatic carbocycles. The van der Waals surface area contributed by atoms with Crippen molar-refractivity contribution in [2.75, 3.05) is 6.54 Å². The van der Waals surface area contributed by atoms with Crippen molar-refractivity contribution in [3.8, 4) is 0 Å². The first-order valence-electron chi connectivity index (χ1n) is 3.72. The minimum absolute atomic E-state index is 0.0215. The van der Waals surface area contributed by atoms with Gasteiger partial charge in [0.05, 0.1) is 0 Å². The van der Waals surface area contributed by atoms with Gasteiger partial charge in [0, 0.05) is 18.3 Å². The Morgan fingerprint density at radius 1 is 1.38 bits per heavy atom. The summed E-state index contributed by atoms with van der Waals surface area (Å²) in [7, 11) is -3.63. The fourth-order valence-corrected chi connectivity index (χ4v) is 1.33. The number of hydrogen-bond donors (Lipinski definition) is 2. The molecule has 1 heterocycles. The number of hydrogen-bond acceptors (Lipinski definition) is 4. The highest BCUT2D eigenvalue weighted by Crippen LogP contribution is 2.05. The van der Waals surface area contributed by atoms with Gasteiger partial charge >= 0.3 is 0 Å². The Kier molecular flexibility index (Phi) is 2.97. The molecule has 1 rings (SSSR count). The van der Waals surface area contributed by atoms with Crippen molar-refractivity contribution < 1.29 is 8.42 Å². The van der Waals surface area contributed by atoms with Crippen LogP contribution in [0.3, 0.4) is 0 Å². The summed E-state index contributed by atoms with van der Waals surface area (Å²) in [6, 6.07) is 3.03. The molecule has 1 aromatic rings. The van der Waals surface area contributed by atoms with Crippen molar-refractivity contribution in [3.05, 3.63) is 24.0 Å². The van der Waals surface area contributed by atoms with Crippen LogP contribution < -0.4 is 10.9 Å². The van der Waals surface area contributed by atoms with Gasteiger partial charge in [-0.05, 0) is 18.7 Å². The molecule has 0 spiro atoms. The lowest BCUT2D eigenvalue weighted by molar-refractivity contribution is 0.597. The highest BCUT2D eigenvalue weighted by molar-refractivity contribution is 7.89. The molecule has 0 radical (unpaired) electrons. The molecule has 0 saturated heterocycles. The molecule has 0 aliphatic heterocycles. The van der Waals surface area contributed by atoms with Gasteiger partial charge in [0.1, 0.15) is 4.90 Å². The van der Waals surface area contributed by atoms with Gasteiger partial charge in [-0.2, -0.15) is 0 Å². The summed E-state index contributed by atoms with van der Waals surface area (Å²) in [5, 5.41) is 4.89. The summed E-state index contributed by atoms with van der Waals surface area (Å²) in [6.45, 7) is 0.488. The highest BCUT2D eigenvalue weighted by atomic mass is 32.2. The van der Waals surface area contributed by atoms with E-state index in [1.165, 1.54) is 12.3 Å². The third kappa shape index (κ3) is 2.76. The molecule has 72 valence electrons. The van der Waals surface area contributed by atoms with Crippen LogP contribution in [-0.2, 0) is 16.4 Å². The summed E-state index contributed by atoms with van der Waals surface area (Å²) in [5.41, 5.74) is 6.06. The number of primary sulfonamides is 1. The number of aromatic nitrogens is 1. The first kappa shape index (κ1) is 10.1. The lowest BCUT2D eigenvalue weighted by Gasteiger charge is -1.99. The zero-order valence-electron chi connectivity index (χ0n) is 6.97. The summed E-state index contributed by atoms with van der Waals surface area (Å²) >= 11 is 0. The fraction of sp³-hybridized carbons (Fsp3) is 0.286. The maximum atomic E-state index is 10.8. The normalized spacial score (nSPS) is 11.5. The van der Waals surface area contributed by atoms with Gasteiger partial charge in [-0.15, -0.1) is 0 Å². The summed E-state index contributed by atoms with van der Waals surface area (Å²) in [6.07, 6.45) is 1.87. The molecule has 0 bridgehead atoms. The van der Waals surface area contributed by atoms with Crippen molar-refractivity contribution in [3.63, 3.8) is 0 Å². The van der Waals surface area contributed by atoms with Crippen molar-refractivity contribution in [2.24, 2.45) is 10.9 Å². The number of nitrogens with zero attached hydrogens (tertiary/aromatic N) is 1. The Morgan fingerprint density at radius 2 is 2.08 bits per heavy atom. The monoisotopic (exact) mass is 201 g/mol. The maximum absolute atomic E-state index is 10.8. The van der Waals surface area contributed by atoms with Crippen LogP contribution >= 0.6 is 0 Å². The number of sulfonamides is 1. The number of rotatable bonds is 3. The van der Waals surface area contributed by atoms with Gasteiger partial charge < -0.3 is 5.73 Å². The van der Waals surface area contributed by atoms with Crippen LogP contribution in [0.1, 0.15) is 5.69 Å². The lowest BCUT2D eigenvalue weighted by atomic mass is 10.3. The number of pyridine rings is 1. The molecule has 0 fully saturated rings. The van der Waals surface area contributed by atoms with Crippen molar-refractivity contribution in [1.29, 1.82) is 0 Å². The SMILES string of the molecule is NCCc1ccc(S(N)(=O)=O)cn1. The molecule has 0 atom stereocenters. The Hall–Kier alpha value is -0.980. The summed E-state index contributed by atoms with van der Waals surface area (Å²) < 4.78 is 21.6. The zero-order valence-corrected chi connectivity index (χ0v) is 7.79. The molecule has 0 aromatic carbocycles. The standard InChI is InChI=1S/C7H11N3O2S/c8-4-3-6-1-2-7(5-10-6)13(9,11)12/h1-2,5H,3-4,8H2,(H2,9,11,12). The van der Waals surface area contributed by atoms with E-state index in [1.807, 2.05) is 0 Å². The molecule has 1 aromatic heterocycles. The van der Waals surface area contributed by atoms with E-state index in [2.05, 4.69) is 4.98 Å². The van der Waals surface area contributed by atoms with Crippen LogP contribution in [0.25, 0.3) is 0 Å². The van der Waals surface area contributed by atoms with Crippen LogP contribution in [0.15, 0.2) is 23.2 Å². The van der Waals surface area contributed by atoms with E-state index in [0.29, 0.717) is 13.0 Å². The first-order chi connectivity index (χ1) is 6.04. The molecular weight excluding hydrogens is 190 g/mol. The van der Waals surface area contributed by atoms with E-state index in [0.717, 1.165) is 5.69 Å². The zero-order chi connectivity index (χ0) is 9.90. The van der Waals surface area contributed by atoms with E-state index in [9.17, 15) is 8.42 Å². The van der Waals surface area contributed by atoms with Crippen LogP contribution in [0.5, 0.6) is 0 Å². The van der Waals surface area contributed by atoms with Crippen LogP contribution in [-0.4, -0.2) is 19.9 Å². The van der Waals surface area contributed by atoms with E-state index in [1.54, 1.807) is 6.07 Å². The smallest absolute Gasteiger partial charge is 0.239 e. The number of nitrogens with two attached hydrogens (primary N) is 2. The van der Waals surface area contributed by atoms with Crippen molar-refractivity contribution in [1.82, 2.24) is 4.98 Å². The second-order valence-electron chi connectivity index (χ2n) is 2.57. The predicted octanol–water partition coefficient (Wildman–Crippen LogP) is -0.770. The molecule has 4 N–H and O–H groups in total. The van der Waals surface area contributed by atoms with Gasteiger partial charge in [0.15, 0.2) is 0 Å². The molecule has 6 heteroatoms. The van der Waals surface area contributed by atoms with Crippen molar-refractivity contribution in [2.45, 2.75) is 11.3 Å². The van der Waals surface area contributed by atoms with Gasteiger partial charge in [-0.1, -0.05) is 0 Å². The average molecular weight is 201 g/mol. The van der Waals surface area contributed by atoms with E-state index in [-0.39, 0.29) is 4.90 Å². The molecule has 5 nitrogen and oxygen atoms in total. The van der Waals surface area contributed by atoms with Crippen molar-refractivity contribution >= 4 is 10.0 Å². The van der Waals surface area contributed by atoms with Crippen LogP contribution in [0.2, 0.25) is 0 Å². The molecule has 0 saturated carbocycles. The van der Waals surface area contributed by atoms with Gasteiger partial charge in [0.2, 0.25) is 10.0 Å². The highest BCUT2D eigenvalue weighted by Gasteiger charge is 2.06. The predicted molar refractivity (Wildman–Crippen MR) is 48.4 cm³/mol. The topological polar surface area (TPSA) is 99.1 Å². The lowest BCUT2D eigenvalue weighted by Crippen LogP contribution is -2.13. The second-order valence-corrected chi connectivity index (χ2v) is 4.13. The minimum atomic E-state index is -3.63. The van der Waals surface area contributed by atoms with Gasteiger partial charge in [-0.3, -0.25) is 4.98 Å². The Balaban J connectivity index is 2.94. The second kappa shape index (κ2) is 3.82. The fourth-order valence-electron chi connectivity index (χ4n) is 0.875. The van der Waals surface area contributed by atoms with Gasteiger partial charge in [0.25, 0.3) is 0 Å². The Labute approximate surface area is 76.8 Å². The average Bonchev–Trinajstić information content (AvgIpc) is 2.04. The third-order valence-corrected chi connectivity index (χ3v) is 2.43. The molecular formula is C7H11N3O2S. The quantitative estimate of drug-likeness (QED) is 0.670. The van der Waals surface area contributed by atoms with E-state index in [4.69, 9.17) is 10.9 Å². The van der Waals surface area contributed by atoms with Gasteiger partial charge in [-0.25, -0.2) is 13.6 Å². The third-order valence-electron chi connectivity index (χ3n) is 1.53. The maximum Gasteiger partial charge on any atom is 0.239 e. The first-order valence-corrected chi connectivity index (χ1v) is 5.26. The summed E-state index contributed by atoms with van der Waals surface area (Å²) in [4.78, 5) is 3.92. The molecule has 0 amide bonds. The Morgan fingerprint density at radius 3 is 2.46 bits per heavy atom. The molecule has 13 heavy (non-hydrogen) atoms. The minimum Gasteiger partial charge on any atom is -0.330 e. The molecule has 0 unspecified atom stereocenters.